The van der Waals surface area contributed by atoms with Crippen molar-refractivity contribution in [3.63, 3.8) is 0 Å². The van der Waals surface area contributed by atoms with Crippen LogP contribution in [0.2, 0.25) is 0 Å². The van der Waals surface area contributed by atoms with Gasteiger partial charge in [-0.05, 0) is 25.3 Å². The molecule has 0 aromatic heterocycles. The van der Waals surface area contributed by atoms with Crippen LogP contribution in [0, 0.1) is 5.92 Å². The second-order valence-corrected chi connectivity index (χ2v) is 4.33. The second kappa shape index (κ2) is 7.17. The van der Waals surface area contributed by atoms with E-state index in [0.717, 1.165) is 13.1 Å². The monoisotopic (exact) mass is 216 g/mol. The van der Waals surface area contributed by atoms with Gasteiger partial charge in [0.25, 0.3) is 0 Å². The van der Waals surface area contributed by atoms with Crippen molar-refractivity contribution in [1.29, 1.82) is 0 Å². The van der Waals surface area contributed by atoms with Crippen molar-refractivity contribution >= 4 is 0 Å². The van der Waals surface area contributed by atoms with Crippen molar-refractivity contribution in [2.45, 2.75) is 31.4 Å². The van der Waals surface area contributed by atoms with E-state index >= 15 is 0 Å². The van der Waals surface area contributed by atoms with Crippen LogP contribution in [-0.2, 0) is 9.47 Å². The van der Waals surface area contributed by atoms with Crippen LogP contribution in [0.4, 0.5) is 0 Å². The van der Waals surface area contributed by atoms with Crippen LogP contribution < -0.4 is 11.1 Å². The molecule has 0 aromatic carbocycles. The quantitative estimate of drug-likeness (QED) is 0.645. The summed E-state index contributed by atoms with van der Waals surface area (Å²) in [6.07, 6.45) is 3.86. The highest BCUT2D eigenvalue weighted by Crippen LogP contribution is 2.22. The summed E-state index contributed by atoms with van der Waals surface area (Å²) >= 11 is 0. The standard InChI is InChI=1S/C11H24N2O2/c1-14-8-10(15-2)7-13-6-9-4-3-5-11(9)12/h9-11,13H,3-8,12H2,1-2H3. The maximum absolute atomic E-state index is 5.99. The number of nitrogens with two attached hydrogens (primary N) is 1. The summed E-state index contributed by atoms with van der Waals surface area (Å²) in [5.74, 6) is 0.644. The molecule has 3 unspecified atom stereocenters. The largest absolute Gasteiger partial charge is 0.382 e. The van der Waals surface area contributed by atoms with Crippen LogP contribution in [0.25, 0.3) is 0 Å². The van der Waals surface area contributed by atoms with Gasteiger partial charge in [-0.3, -0.25) is 0 Å². The highest BCUT2D eigenvalue weighted by molar-refractivity contribution is 4.81. The van der Waals surface area contributed by atoms with E-state index in [9.17, 15) is 0 Å². The molecule has 0 amide bonds. The molecule has 1 saturated carbocycles. The zero-order chi connectivity index (χ0) is 11.1. The van der Waals surface area contributed by atoms with Crippen molar-refractivity contribution in [2.75, 3.05) is 33.9 Å². The van der Waals surface area contributed by atoms with Crippen molar-refractivity contribution in [2.24, 2.45) is 11.7 Å². The van der Waals surface area contributed by atoms with Crippen molar-refractivity contribution in [1.82, 2.24) is 5.32 Å². The molecule has 90 valence electrons. The lowest BCUT2D eigenvalue weighted by molar-refractivity contribution is 0.0284. The molecule has 1 aliphatic carbocycles. The summed E-state index contributed by atoms with van der Waals surface area (Å²) in [6, 6.07) is 0.390. The Morgan fingerprint density at radius 3 is 2.73 bits per heavy atom. The van der Waals surface area contributed by atoms with Crippen molar-refractivity contribution in [3.05, 3.63) is 0 Å². The molecule has 1 fully saturated rings. The Morgan fingerprint density at radius 2 is 2.20 bits per heavy atom. The molecule has 4 heteroatoms. The fourth-order valence-electron chi connectivity index (χ4n) is 2.14. The third kappa shape index (κ3) is 4.47. The van der Waals surface area contributed by atoms with Gasteiger partial charge in [-0.1, -0.05) is 6.42 Å². The highest BCUT2D eigenvalue weighted by atomic mass is 16.5. The van der Waals surface area contributed by atoms with E-state index in [4.69, 9.17) is 15.2 Å². The van der Waals surface area contributed by atoms with Gasteiger partial charge >= 0.3 is 0 Å². The summed E-state index contributed by atoms with van der Waals surface area (Å²) in [5.41, 5.74) is 5.99. The maximum atomic E-state index is 5.99. The molecule has 0 saturated heterocycles. The highest BCUT2D eigenvalue weighted by Gasteiger charge is 2.23. The molecule has 0 bridgehead atoms. The number of hydrogen-bond donors (Lipinski definition) is 2. The number of hydrogen-bond acceptors (Lipinski definition) is 4. The van der Waals surface area contributed by atoms with Crippen molar-refractivity contribution in [3.8, 4) is 0 Å². The Hall–Kier alpha value is -0.160. The molecule has 1 rings (SSSR count). The molecule has 0 heterocycles. The summed E-state index contributed by atoms with van der Waals surface area (Å²) < 4.78 is 10.3. The van der Waals surface area contributed by atoms with Gasteiger partial charge < -0.3 is 20.5 Å². The van der Waals surface area contributed by atoms with E-state index in [1.54, 1.807) is 14.2 Å². The third-order valence-corrected chi connectivity index (χ3v) is 3.18. The van der Waals surface area contributed by atoms with E-state index in [2.05, 4.69) is 5.32 Å². The van der Waals surface area contributed by atoms with E-state index in [-0.39, 0.29) is 6.10 Å². The topological polar surface area (TPSA) is 56.5 Å². The lowest BCUT2D eigenvalue weighted by Crippen LogP contribution is -2.38. The Bertz CT molecular complexity index is 167. The third-order valence-electron chi connectivity index (χ3n) is 3.18. The van der Waals surface area contributed by atoms with Gasteiger partial charge in [0.2, 0.25) is 0 Å². The summed E-state index contributed by atoms with van der Waals surface area (Å²) in [7, 11) is 3.41. The Kier molecular flexibility index (Phi) is 6.17. The SMILES string of the molecule is COCC(CNCC1CCCC1N)OC. The summed E-state index contributed by atoms with van der Waals surface area (Å²) in [5, 5.41) is 3.41. The summed E-state index contributed by atoms with van der Waals surface area (Å²) in [4.78, 5) is 0. The molecule has 4 nitrogen and oxygen atoms in total. The molecular weight excluding hydrogens is 192 g/mol. The second-order valence-electron chi connectivity index (χ2n) is 4.33. The molecule has 1 aliphatic rings. The van der Waals surface area contributed by atoms with Crippen LogP contribution in [0.15, 0.2) is 0 Å². The zero-order valence-electron chi connectivity index (χ0n) is 9.87. The van der Waals surface area contributed by atoms with Gasteiger partial charge in [-0.25, -0.2) is 0 Å². The first-order valence-corrected chi connectivity index (χ1v) is 5.76. The van der Waals surface area contributed by atoms with Gasteiger partial charge in [-0.2, -0.15) is 0 Å². The molecule has 3 N–H and O–H groups in total. The summed E-state index contributed by atoms with van der Waals surface area (Å²) in [6.45, 7) is 2.48. The minimum atomic E-state index is 0.146. The molecule has 0 spiro atoms. The van der Waals surface area contributed by atoms with E-state index < -0.39 is 0 Å². The van der Waals surface area contributed by atoms with E-state index in [1.165, 1.54) is 19.3 Å². The minimum Gasteiger partial charge on any atom is -0.382 e. The molecule has 15 heavy (non-hydrogen) atoms. The Balaban J connectivity index is 2.08. The lowest BCUT2D eigenvalue weighted by Gasteiger charge is -2.19. The number of ether oxygens (including phenoxy) is 2. The van der Waals surface area contributed by atoms with Crippen LogP contribution >= 0.6 is 0 Å². The van der Waals surface area contributed by atoms with Gasteiger partial charge in [-0.15, -0.1) is 0 Å². The van der Waals surface area contributed by atoms with Crippen LogP contribution in [0.3, 0.4) is 0 Å². The predicted molar refractivity (Wildman–Crippen MR) is 60.9 cm³/mol. The number of methoxy groups -OCH3 is 2. The fraction of sp³-hybridized carbons (Fsp3) is 1.00. The molecule has 3 atom stereocenters. The number of rotatable bonds is 7. The minimum absolute atomic E-state index is 0.146. The molecular formula is C11H24N2O2. The Labute approximate surface area is 92.5 Å². The average molecular weight is 216 g/mol. The maximum Gasteiger partial charge on any atom is 0.0928 e. The van der Waals surface area contributed by atoms with Crippen LogP contribution in [0.1, 0.15) is 19.3 Å². The first kappa shape index (κ1) is 12.9. The predicted octanol–water partition coefficient (Wildman–Crippen LogP) is 0.365. The first-order valence-electron chi connectivity index (χ1n) is 5.76. The van der Waals surface area contributed by atoms with Crippen LogP contribution in [0.5, 0.6) is 0 Å². The van der Waals surface area contributed by atoms with E-state index in [0.29, 0.717) is 18.6 Å². The fourth-order valence-corrected chi connectivity index (χ4v) is 2.14. The van der Waals surface area contributed by atoms with Crippen LogP contribution in [-0.4, -0.2) is 46.1 Å². The smallest absolute Gasteiger partial charge is 0.0928 e. The lowest BCUT2D eigenvalue weighted by atomic mass is 10.0. The number of nitrogens with one attached hydrogen (secondary N) is 1. The van der Waals surface area contributed by atoms with Crippen molar-refractivity contribution < 1.29 is 9.47 Å². The zero-order valence-corrected chi connectivity index (χ0v) is 9.87. The van der Waals surface area contributed by atoms with Gasteiger partial charge in [0.1, 0.15) is 0 Å². The van der Waals surface area contributed by atoms with Gasteiger partial charge in [0.05, 0.1) is 12.7 Å². The first-order chi connectivity index (χ1) is 7.27. The normalized spacial score (nSPS) is 28.2. The molecule has 0 radical (unpaired) electrons. The van der Waals surface area contributed by atoms with Gasteiger partial charge in [0, 0.05) is 26.8 Å². The molecule has 0 aromatic rings. The van der Waals surface area contributed by atoms with E-state index in [1.807, 2.05) is 0 Å². The molecule has 0 aliphatic heterocycles. The Morgan fingerprint density at radius 1 is 1.40 bits per heavy atom. The van der Waals surface area contributed by atoms with Gasteiger partial charge in [0.15, 0.2) is 0 Å². The average Bonchev–Trinajstić information content (AvgIpc) is 2.63.